The summed E-state index contributed by atoms with van der Waals surface area (Å²) < 4.78 is 1.86. The summed E-state index contributed by atoms with van der Waals surface area (Å²) in [5.74, 6) is 0.577. The molecule has 3 heteroatoms. The molecular formula is C16H22N2O. The van der Waals surface area contributed by atoms with Crippen molar-refractivity contribution in [1.29, 1.82) is 0 Å². The number of aromatic nitrogens is 1. The molecule has 1 unspecified atom stereocenters. The first kappa shape index (κ1) is 13.7. The summed E-state index contributed by atoms with van der Waals surface area (Å²) in [5.41, 5.74) is 6.65. The van der Waals surface area contributed by atoms with E-state index < -0.39 is 0 Å². The van der Waals surface area contributed by atoms with Crippen molar-refractivity contribution in [3.8, 4) is 0 Å². The fourth-order valence-electron chi connectivity index (χ4n) is 2.63. The summed E-state index contributed by atoms with van der Waals surface area (Å²) >= 11 is 0. The lowest BCUT2D eigenvalue weighted by molar-refractivity contribution is 0.383. The van der Waals surface area contributed by atoms with Gasteiger partial charge < -0.3 is 10.3 Å². The number of nitrogen functional groups attached to an aromatic ring is 1. The fourth-order valence-corrected chi connectivity index (χ4v) is 2.63. The van der Waals surface area contributed by atoms with Gasteiger partial charge in [0.25, 0.3) is 5.56 Å². The summed E-state index contributed by atoms with van der Waals surface area (Å²) in [6, 6.07) is 7.74. The van der Waals surface area contributed by atoms with Crippen LogP contribution in [0.1, 0.15) is 39.7 Å². The lowest BCUT2D eigenvalue weighted by Gasteiger charge is -2.20. The smallest absolute Gasteiger partial charge is 0.258 e. The molecular weight excluding hydrogens is 236 g/mol. The van der Waals surface area contributed by atoms with Crippen molar-refractivity contribution in [3.05, 3.63) is 40.8 Å². The molecule has 1 atom stereocenters. The predicted molar refractivity (Wildman–Crippen MR) is 81.4 cm³/mol. The molecule has 0 saturated carbocycles. The van der Waals surface area contributed by atoms with E-state index in [2.05, 4.69) is 20.8 Å². The van der Waals surface area contributed by atoms with Gasteiger partial charge >= 0.3 is 0 Å². The molecule has 0 aliphatic rings. The van der Waals surface area contributed by atoms with E-state index in [-0.39, 0.29) is 11.6 Å². The standard InChI is InChI=1S/C16H22N2O/c1-4-12(10-11(2)3)18-9-8-13-14(16(18)19)6-5-7-15(13)17/h5-9,11-12H,4,10,17H2,1-3H3. The number of anilines is 1. The van der Waals surface area contributed by atoms with Gasteiger partial charge in [-0.3, -0.25) is 4.79 Å². The second-order valence-corrected chi connectivity index (χ2v) is 5.53. The van der Waals surface area contributed by atoms with Crippen molar-refractivity contribution in [1.82, 2.24) is 4.57 Å². The van der Waals surface area contributed by atoms with Crippen LogP contribution >= 0.6 is 0 Å². The topological polar surface area (TPSA) is 48.0 Å². The number of nitrogens with two attached hydrogens (primary N) is 1. The summed E-state index contributed by atoms with van der Waals surface area (Å²) in [7, 11) is 0. The van der Waals surface area contributed by atoms with Gasteiger partial charge in [-0.2, -0.15) is 0 Å². The summed E-state index contributed by atoms with van der Waals surface area (Å²) in [6.45, 7) is 6.50. The molecule has 0 spiro atoms. The van der Waals surface area contributed by atoms with Gasteiger partial charge in [0.2, 0.25) is 0 Å². The molecule has 3 nitrogen and oxygen atoms in total. The minimum Gasteiger partial charge on any atom is -0.398 e. The van der Waals surface area contributed by atoms with E-state index in [1.165, 1.54) is 0 Å². The Bertz CT molecular complexity index is 628. The van der Waals surface area contributed by atoms with E-state index in [1.54, 1.807) is 0 Å². The Morgan fingerprint density at radius 1 is 1.21 bits per heavy atom. The molecule has 1 aromatic heterocycles. The average molecular weight is 258 g/mol. The Morgan fingerprint density at radius 3 is 2.58 bits per heavy atom. The molecule has 0 aliphatic carbocycles. The maximum atomic E-state index is 12.6. The van der Waals surface area contributed by atoms with E-state index in [4.69, 9.17) is 5.73 Å². The highest BCUT2D eigenvalue weighted by molar-refractivity contribution is 5.91. The van der Waals surface area contributed by atoms with Crippen LogP contribution < -0.4 is 11.3 Å². The lowest BCUT2D eigenvalue weighted by Crippen LogP contribution is -2.25. The van der Waals surface area contributed by atoms with Crippen LogP contribution in [0.15, 0.2) is 35.3 Å². The Labute approximate surface area is 114 Å². The van der Waals surface area contributed by atoms with Gasteiger partial charge in [0, 0.05) is 28.7 Å². The molecule has 2 aromatic rings. The van der Waals surface area contributed by atoms with E-state index in [0.29, 0.717) is 17.0 Å². The number of hydrogen-bond donors (Lipinski definition) is 1. The predicted octanol–water partition coefficient (Wildman–Crippen LogP) is 3.58. The third kappa shape index (κ3) is 2.65. The monoisotopic (exact) mass is 258 g/mol. The Kier molecular flexibility index (Phi) is 3.93. The SMILES string of the molecule is CCC(CC(C)C)n1ccc2c(N)cccc2c1=O. The van der Waals surface area contributed by atoms with Crippen molar-refractivity contribution < 1.29 is 0 Å². The molecule has 1 aromatic carbocycles. The number of fused-ring (bicyclic) bond motifs is 1. The van der Waals surface area contributed by atoms with Crippen molar-refractivity contribution in [2.75, 3.05) is 5.73 Å². The van der Waals surface area contributed by atoms with Crippen LogP contribution in [-0.2, 0) is 0 Å². The molecule has 0 bridgehead atoms. The van der Waals surface area contributed by atoms with Crippen LogP contribution in [0.2, 0.25) is 0 Å². The second-order valence-electron chi connectivity index (χ2n) is 5.53. The summed E-state index contributed by atoms with van der Waals surface area (Å²) in [5, 5.41) is 1.56. The average Bonchev–Trinajstić information content (AvgIpc) is 2.37. The Morgan fingerprint density at radius 2 is 1.95 bits per heavy atom. The molecule has 2 rings (SSSR count). The third-order valence-corrected chi connectivity index (χ3v) is 3.61. The van der Waals surface area contributed by atoms with Gasteiger partial charge in [0.15, 0.2) is 0 Å². The molecule has 19 heavy (non-hydrogen) atoms. The largest absolute Gasteiger partial charge is 0.398 e. The van der Waals surface area contributed by atoms with Crippen LogP contribution in [0.4, 0.5) is 5.69 Å². The Balaban J connectivity index is 2.56. The lowest BCUT2D eigenvalue weighted by atomic mass is 10.0. The van der Waals surface area contributed by atoms with Gasteiger partial charge in [-0.05, 0) is 37.0 Å². The number of benzene rings is 1. The van der Waals surface area contributed by atoms with Crippen molar-refractivity contribution in [2.24, 2.45) is 5.92 Å². The summed E-state index contributed by atoms with van der Waals surface area (Å²) in [6.07, 6.45) is 3.87. The third-order valence-electron chi connectivity index (χ3n) is 3.61. The van der Waals surface area contributed by atoms with Crippen molar-refractivity contribution >= 4 is 16.5 Å². The first-order valence-corrected chi connectivity index (χ1v) is 6.94. The molecule has 0 saturated heterocycles. The highest BCUT2D eigenvalue weighted by atomic mass is 16.1. The van der Waals surface area contributed by atoms with Crippen LogP contribution in [0.25, 0.3) is 10.8 Å². The maximum Gasteiger partial charge on any atom is 0.258 e. The zero-order valence-corrected chi connectivity index (χ0v) is 11.9. The molecule has 0 aliphatic heterocycles. The molecule has 102 valence electrons. The highest BCUT2D eigenvalue weighted by Crippen LogP contribution is 2.22. The second kappa shape index (κ2) is 5.47. The van der Waals surface area contributed by atoms with Crippen LogP contribution in [-0.4, -0.2) is 4.57 Å². The normalized spacial score (nSPS) is 13.1. The van der Waals surface area contributed by atoms with Gasteiger partial charge in [-0.1, -0.05) is 26.8 Å². The van der Waals surface area contributed by atoms with E-state index in [1.807, 2.05) is 35.0 Å². The number of rotatable bonds is 4. The molecule has 0 fully saturated rings. The fraction of sp³-hybridized carbons (Fsp3) is 0.438. The zero-order chi connectivity index (χ0) is 14.0. The molecule has 0 amide bonds. The van der Waals surface area contributed by atoms with Gasteiger partial charge in [0.1, 0.15) is 0 Å². The number of hydrogen-bond acceptors (Lipinski definition) is 2. The molecule has 0 radical (unpaired) electrons. The van der Waals surface area contributed by atoms with Crippen LogP contribution in [0.5, 0.6) is 0 Å². The highest BCUT2D eigenvalue weighted by Gasteiger charge is 2.14. The van der Waals surface area contributed by atoms with E-state index in [9.17, 15) is 4.79 Å². The van der Waals surface area contributed by atoms with Gasteiger partial charge in [-0.15, -0.1) is 0 Å². The number of pyridine rings is 1. The first-order chi connectivity index (χ1) is 9.04. The first-order valence-electron chi connectivity index (χ1n) is 6.94. The zero-order valence-electron chi connectivity index (χ0n) is 11.9. The van der Waals surface area contributed by atoms with Crippen molar-refractivity contribution in [2.45, 2.75) is 39.7 Å². The maximum absolute atomic E-state index is 12.6. The quantitative estimate of drug-likeness (QED) is 0.852. The molecule has 1 heterocycles. The van der Waals surface area contributed by atoms with Crippen LogP contribution in [0.3, 0.4) is 0 Å². The Hall–Kier alpha value is -1.77. The van der Waals surface area contributed by atoms with E-state index in [0.717, 1.165) is 18.2 Å². The van der Waals surface area contributed by atoms with Gasteiger partial charge in [-0.25, -0.2) is 0 Å². The van der Waals surface area contributed by atoms with E-state index >= 15 is 0 Å². The minimum absolute atomic E-state index is 0.0669. The van der Waals surface area contributed by atoms with Crippen LogP contribution in [0, 0.1) is 5.92 Å². The number of nitrogens with zero attached hydrogens (tertiary/aromatic N) is 1. The van der Waals surface area contributed by atoms with Gasteiger partial charge in [0.05, 0.1) is 0 Å². The van der Waals surface area contributed by atoms with Crippen molar-refractivity contribution in [3.63, 3.8) is 0 Å². The summed E-state index contributed by atoms with van der Waals surface area (Å²) in [4.78, 5) is 12.6. The molecule has 2 N–H and O–H groups in total. The minimum atomic E-state index is 0.0669.